The number of ether oxygens (including phenoxy) is 1. The van der Waals surface area contributed by atoms with Gasteiger partial charge in [0.1, 0.15) is 6.04 Å². The molecule has 0 spiro atoms. The van der Waals surface area contributed by atoms with Crippen molar-refractivity contribution in [1.29, 1.82) is 0 Å². The van der Waals surface area contributed by atoms with Gasteiger partial charge < -0.3 is 15.4 Å². The molecule has 116 valence electrons. The SMILES string of the molecule is CCOC(=O)C1CCCCN1C(=O)C(C)(N)C(F)(F)F. The highest BCUT2D eigenvalue weighted by molar-refractivity contribution is 5.91. The summed E-state index contributed by atoms with van der Waals surface area (Å²) < 4.78 is 43.3. The quantitative estimate of drug-likeness (QED) is 0.795. The summed E-state index contributed by atoms with van der Waals surface area (Å²) in [6.07, 6.45) is -3.39. The number of amides is 1. The summed E-state index contributed by atoms with van der Waals surface area (Å²) in [6, 6.07) is -0.985. The van der Waals surface area contributed by atoms with Crippen LogP contribution >= 0.6 is 0 Å². The fourth-order valence-corrected chi connectivity index (χ4v) is 2.08. The molecule has 2 N–H and O–H groups in total. The van der Waals surface area contributed by atoms with E-state index in [-0.39, 0.29) is 13.2 Å². The lowest BCUT2D eigenvalue weighted by Crippen LogP contribution is -2.65. The number of halogens is 3. The average Bonchev–Trinajstić information content (AvgIpc) is 2.36. The van der Waals surface area contributed by atoms with E-state index in [1.165, 1.54) is 0 Å². The van der Waals surface area contributed by atoms with Crippen LogP contribution in [0, 0.1) is 0 Å². The molecular weight excluding hydrogens is 277 g/mol. The van der Waals surface area contributed by atoms with E-state index >= 15 is 0 Å². The maximum Gasteiger partial charge on any atom is 0.415 e. The molecule has 1 rings (SSSR count). The standard InChI is InChI=1S/C12H19F3N2O3/c1-3-20-9(18)8-6-4-5-7-17(8)10(19)11(2,16)12(13,14)15/h8H,3-7,16H2,1-2H3. The minimum absolute atomic E-state index is 0.0746. The molecule has 2 atom stereocenters. The first-order valence-electron chi connectivity index (χ1n) is 6.46. The summed E-state index contributed by atoms with van der Waals surface area (Å²) in [5, 5.41) is 0. The lowest BCUT2D eigenvalue weighted by atomic mass is 9.95. The molecule has 0 radical (unpaired) electrons. The molecule has 1 heterocycles. The minimum atomic E-state index is -4.87. The smallest absolute Gasteiger partial charge is 0.415 e. The number of carbonyl (C=O) groups is 2. The van der Waals surface area contributed by atoms with Crippen LogP contribution in [0.25, 0.3) is 0 Å². The Labute approximate surface area is 115 Å². The zero-order valence-electron chi connectivity index (χ0n) is 11.5. The van der Waals surface area contributed by atoms with Gasteiger partial charge in [0, 0.05) is 6.54 Å². The van der Waals surface area contributed by atoms with Crippen LogP contribution in [0.15, 0.2) is 0 Å². The second kappa shape index (κ2) is 5.99. The third-order valence-corrected chi connectivity index (χ3v) is 3.36. The number of alkyl halides is 3. The number of nitrogens with zero attached hydrogens (tertiary/aromatic N) is 1. The van der Waals surface area contributed by atoms with E-state index in [1.54, 1.807) is 6.92 Å². The molecule has 0 aromatic rings. The number of nitrogens with two attached hydrogens (primary N) is 1. The Kier molecular flexibility index (Phi) is 5.01. The summed E-state index contributed by atoms with van der Waals surface area (Å²) in [5.41, 5.74) is 2.13. The molecule has 1 amide bonds. The van der Waals surface area contributed by atoms with Gasteiger partial charge in [-0.25, -0.2) is 4.79 Å². The van der Waals surface area contributed by atoms with Crippen molar-refractivity contribution in [2.24, 2.45) is 5.73 Å². The summed E-state index contributed by atoms with van der Waals surface area (Å²) in [5.74, 6) is -1.97. The maximum absolute atomic E-state index is 12.8. The third kappa shape index (κ3) is 3.23. The van der Waals surface area contributed by atoms with Gasteiger partial charge in [0.2, 0.25) is 0 Å². The predicted octanol–water partition coefficient (Wildman–Crippen LogP) is 1.21. The minimum Gasteiger partial charge on any atom is -0.464 e. The van der Waals surface area contributed by atoms with Crippen molar-refractivity contribution in [3.63, 3.8) is 0 Å². The predicted molar refractivity (Wildman–Crippen MR) is 64.6 cm³/mol. The molecule has 5 nitrogen and oxygen atoms in total. The van der Waals surface area contributed by atoms with E-state index in [0.717, 1.165) is 4.90 Å². The monoisotopic (exact) mass is 296 g/mol. The Morgan fingerprint density at radius 1 is 1.35 bits per heavy atom. The first-order chi connectivity index (χ1) is 9.13. The van der Waals surface area contributed by atoms with E-state index in [2.05, 4.69) is 0 Å². The van der Waals surface area contributed by atoms with E-state index in [0.29, 0.717) is 26.2 Å². The van der Waals surface area contributed by atoms with E-state index in [4.69, 9.17) is 10.5 Å². The lowest BCUT2D eigenvalue weighted by molar-refractivity contribution is -0.197. The third-order valence-electron chi connectivity index (χ3n) is 3.36. The van der Waals surface area contributed by atoms with Gasteiger partial charge in [-0.3, -0.25) is 4.79 Å². The van der Waals surface area contributed by atoms with Gasteiger partial charge >= 0.3 is 12.1 Å². The van der Waals surface area contributed by atoms with E-state index in [9.17, 15) is 22.8 Å². The van der Waals surface area contributed by atoms with Crippen molar-refractivity contribution >= 4 is 11.9 Å². The molecule has 0 aromatic heterocycles. The van der Waals surface area contributed by atoms with Gasteiger partial charge in [-0.15, -0.1) is 0 Å². The molecule has 8 heteroatoms. The number of hydrogen-bond donors (Lipinski definition) is 1. The number of carbonyl (C=O) groups excluding carboxylic acids is 2. The first-order valence-corrected chi connectivity index (χ1v) is 6.46. The number of esters is 1. The van der Waals surface area contributed by atoms with Crippen LogP contribution in [0.4, 0.5) is 13.2 Å². The van der Waals surface area contributed by atoms with Gasteiger partial charge in [-0.1, -0.05) is 0 Å². The van der Waals surface area contributed by atoms with Crippen molar-refractivity contribution < 1.29 is 27.5 Å². The number of piperidine rings is 1. The Morgan fingerprint density at radius 2 is 1.95 bits per heavy atom. The first kappa shape index (κ1) is 16.7. The zero-order chi connectivity index (χ0) is 15.6. The highest BCUT2D eigenvalue weighted by atomic mass is 19.4. The summed E-state index contributed by atoms with van der Waals surface area (Å²) >= 11 is 0. The molecule has 1 aliphatic heterocycles. The van der Waals surface area contributed by atoms with Crippen molar-refractivity contribution in [2.75, 3.05) is 13.2 Å². The second-order valence-electron chi connectivity index (χ2n) is 4.96. The molecule has 0 aliphatic carbocycles. The Morgan fingerprint density at radius 3 is 2.45 bits per heavy atom. The zero-order valence-corrected chi connectivity index (χ0v) is 11.5. The Balaban J connectivity index is 2.96. The highest BCUT2D eigenvalue weighted by Gasteiger charge is 2.56. The van der Waals surface area contributed by atoms with E-state index in [1.807, 2.05) is 0 Å². The van der Waals surface area contributed by atoms with Crippen molar-refractivity contribution in [2.45, 2.75) is 50.9 Å². The fourth-order valence-electron chi connectivity index (χ4n) is 2.08. The van der Waals surface area contributed by atoms with Crippen LogP contribution in [-0.4, -0.2) is 47.7 Å². The van der Waals surface area contributed by atoms with Crippen LogP contribution in [0.1, 0.15) is 33.1 Å². The molecule has 2 unspecified atom stereocenters. The van der Waals surface area contributed by atoms with Crippen LogP contribution in [-0.2, 0) is 14.3 Å². The fraction of sp³-hybridized carbons (Fsp3) is 0.833. The maximum atomic E-state index is 12.8. The highest BCUT2D eigenvalue weighted by Crippen LogP contribution is 2.31. The lowest BCUT2D eigenvalue weighted by Gasteiger charge is -2.39. The molecule has 0 aromatic carbocycles. The Bertz CT molecular complexity index is 383. The molecule has 0 saturated carbocycles. The molecule has 1 fully saturated rings. The van der Waals surface area contributed by atoms with Crippen LogP contribution < -0.4 is 5.73 Å². The number of likely N-dealkylation sites (tertiary alicyclic amines) is 1. The Hall–Kier alpha value is -1.31. The molecule has 0 bridgehead atoms. The van der Waals surface area contributed by atoms with Crippen molar-refractivity contribution in [1.82, 2.24) is 4.90 Å². The van der Waals surface area contributed by atoms with Crippen LogP contribution in [0.3, 0.4) is 0 Å². The van der Waals surface area contributed by atoms with Gasteiger partial charge in [0.05, 0.1) is 6.61 Å². The molecule has 1 aliphatic rings. The number of hydrogen-bond acceptors (Lipinski definition) is 4. The van der Waals surface area contributed by atoms with Gasteiger partial charge in [-0.05, 0) is 33.1 Å². The van der Waals surface area contributed by atoms with Gasteiger partial charge in [0.25, 0.3) is 5.91 Å². The van der Waals surface area contributed by atoms with Crippen molar-refractivity contribution in [3.05, 3.63) is 0 Å². The number of rotatable bonds is 3. The summed E-state index contributed by atoms with van der Waals surface area (Å²) in [7, 11) is 0. The van der Waals surface area contributed by atoms with Crippen LogP contribution in [0.2, 0.25) is 0 Å². The topological polar surface area (TPSA) is 72.6 Å². The van der Waals surface area contributed by atoms with Gasteiger partial charge in [-0.2, -0.15) is 13.2 Å². The molecular formula is C12H19F3N2O3. The van der Waals surface area contributed by atoms with Crippen LogP contribution in [0.5, 0.6) is 0 Å². The van der Waals surface area contributed by atoms with E-state index < -0.39 is 29.6 Å². The second-order valence-corrected chi connectivity index (χ2v) is 4.96. The van der Waals surface area contributed by atoms with Gasteiger partial charge in [0.15, 0.2) is 5.54 Å². The normalized spacial score (nSPS) is 23.1. The molecule has 1 saturated heterocycles. The average molecular weight is 296 g/mol. The van der Waals surface area contributed by atoms with Crippen molar-refractivity contribution in [3.8, 4) is 0 Å². The largest absolute Gasteiger partial charge is 0.464 e. The summed E-state index contributed by atoms with van der Waals surface area (Å²) in [6.45, 7) is 2.39. The summed E-state index contributed by atoms with van der Waals surface area (Å²) in [4.78, 5) is 24.7. The molecule has 20 heavy (non-hydrogen) atoms.